The van der Waals surface area contributed by atoms with Crippen molar-refractivity contribution < 1.29 is 25.6 Å². The normalized spacial score (nSPS) is 14.5. The van der Waals surface area contributed by atoms with Gasteiger partial charge in [-0.05, 0) is 30.8 Å². The van der Waals surface area contributed by atoms with Gasteiger partial charge in [0, 0.05) is 22.4 Å². The van der Waals surface area contributed by atoms with Crippen molar-refractivity contribution in [1.29, 1.82) is 0 Å². The molecule has 2 nitrogen and oxygen atoms in total. The Balaban J connectivity index is 0. The second-order valence-corrected chi connectivity index (χ2v) is 6.94. The van der Waals surface area contributed by atoms with Crippen LogP contribution >= 0.6 is 8.03 Å². The molecule has 0 saturated carbocycles. The summed E-state index contributed by atoms with van der Waals surface area (Å²) in [5.74, 6) is 0.579. The van der Waals surface area contributed by atoms with Gasteiger partial charge in [-0.3, -0.25) is 0 Å². The van der Waals surface area contributed by atoms with Gasteiger partial charge in [-0.25, -0.2) is 0 Å². The summed E-state index contributed by atoms with van der Waals surface area (Å²) < 4.78 is 17.7. The molecule has 20 heavy (non-hydrogen) atoms. The molecule has 0 amide bonds. The largest absolute Gasteiger partial charge is 0.508 e. The van der Waals surface area contributed by atoms with Crippen LogP contribution in [0.3, 0.4) is 0 Å². The Kier molecular flexibility index (Phi) is 18.2. The minimum absolute atomic E-state index is 0. The van der Waals surface area contributed by atoms with Crippen molar-refractivity contribution in [2.75, 3.05) is 6.16 Å². The fourth-order valence-corrected chi connectivity index (χ4v) is 3.74. The second-order valence-electron chi connectivity index (χ2n) is 5.70. The van der Waals surface area contributed by atoms with Crippen molar-refractivity contribution in [3.05, 3.63) is 0 Å². The smallest absolute Gasteiger partial charge is 0.143 e. The van der Waals surface area contributed by atoms with Crippen molar-refractivity contribution in [1.82, 2.24) is 0 Å². The summed E-state index contributed by atoms with van der Waals surface area (Å²) in [6.45, 7) is 8.68. The van der Waals surface area contributed by atoms with Crippen LogP contribution in [0.1, 0.15) is 85.5 Å². The van der Waals surface area contributed by atoms with Crippen molar-refractivity contribution >= 4 is 8.03 Å². The molecular weight excluding hydrogens is 314 g/mol. The molecule has 0 aromatic carbocycles. The molecule has 0 saturated heterocycles. The summed E-state index contributed by atoms with van der Waals surface area (Å²) >= 11 is 0. The minimum atomic E-state index is -1.46. The first kappa shape index (κ1) is 22.8. The Bertz CT molecular complexity index is 225. The molecule has 4 heteroatoms. The van der Waals surface area contributed by atoms with Crippen LogP contribution in [0.5, 0.6) is 0 Å². The predicted molar refractivity (Wildman–Crippen MR) is 85.1 cm³/mol. The molecule has 0 aromatic heterocycles. The molecular formula is C16H34NiO2P+. The fourth-order valence-electron chi connectivity index (χ4n) is 2.28. The van der Waals surface area contributed by atoms with E-state index in [1.807, 2.05) is 0 Å². The molecule has 0 radical (unpaired) electrons. The zero-order valence-corrected chi connectivity index (χ0v) is 15.7. The van der Waals surface area contributed by atoms with Crippen molar-refractivity contribution in [2.24, 2.45) is 5.92 Å². The predicted octanol–water partition coefficient (Wildman–Crippen LogP) is 6.32. The minimum Gasteiger partial charge on any atom is -0.143 e. The Morgan fingerprint density at radius 1 is 0.950 bits per heavy atom. The van der Waals surface area contributed by atoms with Gasteiger partial charge in [-0.1, -0.05) is 59.3 Å². The van der Waals surface area contributed by atoms with Gasteiger partial charge in [0.2, 0.25) is 0 Å². The monoisotopic (exact) mass is 347 g/mol. The van der Waals surface area contributed by atoms with Gasteiger partial charge in [0.1, 0.15) is 6.10 Å². The maximum absolute atomic E-state index is 12.0. The topological polar surface area (TPSA) is 26.3 Å². The summed E-state index contributed by atoms with van der Waals surface area (Å²) in [4.78, 5) is 0. The molecule has 0 fully saturated rings. The Hall–Kier alpha value is 0.554. The molecule has 0 N–H and O–H groups in total. The quantitative estimate of drug-likeness (QED) is 0.221. The van der Waals surface area contributed by atoms with Crippen LogP contribution < -0.4 is 0 Å². The second kappa shape index (κ2) is 15.9. The molecule has 0 spiro atoms. The van der Waals surface area contributed by atoms with Crippen LogP contribution in [-0.2, 0) is 25.6 Å². The number of hydrogen-bond donors (Lipinski definition) is 0. The average Bonchev–Trinajstić information content (AvgIpc) is 2.39. The number of rotatable bonds is 13. The third-order valence-corrected chi connectivity index (χ3v) is 5.12. The van der Waals surface area contributed by atoms with E-state index in [4.69, 9.17) is 4.52 Å². The van der Waals surface area contributed by atoms with Crippen molar-refractivity contribution in [3.8, 4) is 0 Å². The zero-order valence-electron chi connectivity index (χ0n) is 13.8. The van der Waals surface area contributed by atoms with Crippen LogP contribution in [0.15, 0.2) is 0 Å². The standard InChI is InChI=1S/C16H34O2P.Ni/c1-5-8-10-11-12-15(4)18-19(17)14-16(7-3)13-9-6-2;/h15-16H,5-14H2,1-4H3;/q+1;. The van der Waals surface area contributed by atoms with Gasteiger partial charge < -0.3 is 0 Å². The van der Waals surface area contributed by atoms with E-state index in [-0.39, 0.29) is 22.6 Å². The number of hydrogen-bond acceptors (Lipinski definition) is 2. The SMILES string of the molecule is CCCCCCC(C)O[P+](=O)CC(CC)CCCC.[Ni]. The molecule has 0 aromatic rings. The maximum Gasteiger partial charge on any atom is 0.508 e. The summed E-state index contributed by atoms with van der Waals surface area (Å²) in [5, 5.41) is 0. The van der Waals surface area contributed by atoms with Gasteiger partial charge in [-0.15, -0.1) is 4.52 Å². The van der Waals surface area contributed by atoms with Crippen molar-refractivity contribution in [2.45, 2.75) is 91.6 Å². The molecule has 3 unspecified atom stereocenters. The Labute approximate surface area is 137 Å². The van der Waals surface area contributed by atoms with Crippen LogP contribution in [0.4, 0.5) is 0 Å². The Morgan fingerprint density at radius 3 is 2.15 bits per heavy atom. The van der Waals surface area contributed by atoms with Gasteiger partial charge in [0.25, 0.3) is 0 Å². The van der Waals surface area contributed by atoms with E-state index in [1.165, 1.54) is 44.9 Å². The first-order valence-corrected chi connectivity index (χ1v) is 9.61. The van der Waals surface area contributed by atoms with Crippen molar-refractivity contribution in [3.63, 3.8) is 0 Å². The molecule has 0 aliphatic heterocycles. The molecule has 124 valence electrons. The van der Waals surface area contributed by atoms with Gasteiger partial charge in [-0.2, -0.15) is 0 Å². The molecule has 0 bridgehead atoms. The Morgan fingerprint density at radius 2 is 1.60 bits per heavy atom. The maximum atomic E-state index is 12.0. The van der Waals surface area contributed by atoms with Gasteiger partial charge in [0.15, 0.2) is 6.16 Å². The van der Waals surface area contributed by atoms with Crippen LogP contribution in [-0.4, -0.2) is 12.3 Å². The van der Waals surface area contributed by atoms with E-state index >= 15 is 0 Å². The fraction of sp³-hybridized carbons (Fsp3) is 1.00. The average molecular weight is 348 g/mol. The van der Waals surface area contributed by atoms with E-state index < -0.39 is 8.03 Å². The third kappa shape index (κ3) is 13.5. The van der Waals surface area contributed by atoms with Gasteiger partial charge in [0.05, 0.1) is 0 Å². The van der Waals surface area contributed by atoms with Crippen LogP contribution in [0, 0.1) is 5.92 Å². The first-order chi connectivity index (χ1) is 9.13. The molecule has 3 atom stereocenters. The van der Waals surface area contributed by atoms with Crippen LogP contribution in [0.25, 0.3) is 0 Å². The summed E-state index contributed by atoms with van der Waals surface area (Å²) in [7, 11) is -1.46. The summed E-state index contributed by atoms with van der Waals surface area (Å²) in [6.07, 6.45) is 11.8. The molecule has 0 aliphatic carbocycles. The summed E-state index contributed by atoms with van der Waals surface area (Å²) in [5.41, 5.74) is 0. The number of unbranched alkanes of at least 4 members (excludes halogenated alkanes) is 4. The molecule has 0 heterocycles. The van der Waals surface area contributed by atoms with Crippen LogP contribution in [0.2, 0.25) is 0 Å². The zero-order chi connectivity index (χ0) is 14.5. The van der Waals surface area contributed by atoms with E-state index in [9.17, 15) is 4.57 Å². The van der Waals surface area contributed by atoms with E-state index in [0.29, 0.717) is 5.92 Å². The third-order valence-electron chi connectivity index (χ3n) is 3.71. The first-order valence-electron chi connectivity index (χ1n) is 8.25. The summed E-state index contributed by atoms with van der Waals surface area (Å²) in [6, 6.07) is 0. The molecule has 0 aliphatic rings. The van der Waals surface area contributed by atoms with E-state index in [2.05, 4.69) is 27.7 Å². The van der Waals surface area contributed by atoms with E-state index in [1.54, 1.807) is 0 Å². The molecule has 0 rings (SSSR count). The van der Waals surface area contributed by atoms with Gasteiger partial charge >= 0.3 is 8.03 Å². The van der Waals surface area contributed by atoms with E-state index in [0.717, 1.165) is 19.0 Å².